The molecule has 1 saturated carbocycles. The number of benzene rings is 1. The number of nitrogens with zero attached hydrogens (tertiary/aromatic N) is 4. The van der Waals surface area contributed by atoms with E-state index >= 15 is 0 Å². The molecule has 1 atom stereocenters. The molecule has 177 valence electrons. The van der Waals surface area contributed by atoms with Crippen molar-refractivity contribution in [2.24, 2.45) is 17.3 Å². The molecule has 1 aromatic heterocycles. The van der Waals surface area contributed by atoms with Crippen molar-refractivity contribution in [3.05, 3.63) is 63.7 Å². The van der Waals surface area contributed by atoms with Gasteiger partial charge in [0, 0.05) is 44.3 Å². The van der Waals surface area contributed by atoms with Crippen molar-refractivity contribution in [3.63, 3.8) is 0 Å². The van der Waals surface area contributed by atoms with Gasteiger partial charge < -0.3 is 15.7 Å². The zero-order valence-corrected chi connectivity index (χ0v) is 22.8. The zero-order chi connectivity index (χ0) is 22.6. The molecule has 1 aliphatic carbocycles. The monoisotopic (exact) mass is 525 g/mol. The van der Waals surface area contributed by atoms with Crippen molar-refractivity contribution >= 4 is 0 Å². The third-order valence-electron chi connectivity index (χ3n) is 7.70. The second kappa shape index (κ2) is 11.7. The predicted molar refractivity (Wildman–Crippen MR) is 129 cm³/mol. The molecule has 2 aromatic rings. The van der Waals surface area contributed by atoms with Crippen molar-refractivity contribution in [2.45, 2.75) is 58.1 Å². The largest absolute Gasteiger partial charge is 0.662 e. The van der Waals surface area contributed by atoms with Crippen LogP contribution in [0.1, 0.15) is 46.0 Å². The summed E-state index contributed by atoms with van der Waals surface area (Å²) in [7, 11) is 0. The SMILES string of the molecule is CC(C)C1C[N-]C1.O=c1cc(-c2ccccc2)ncn1CC1(O)CC[N-]CC12CCCC2.[Y]. The van der Waals surface area contributed by atoms with E-state index in [2.05, 4.69) is 29.5 Å². The van der Waals surface area contributed by atoms with Gasteiger partial charge in [-0.1, -0.05) is 62.9 Å². The molecule has 3 fully saturated rings. The van der Waals surface area contributed by atoms with Gasteiger partial charge in [-0.15, -0.1) is 26.2 Å². The summed E-state index contributed by atoms with van der Waals surface area (Å²) in [6.45, 7) is 8.47. The molecule has 1 aromatic carbocycles. The van der Waals surface area contributed by atoms with Crippen molar-refractivity contribution in [2.75, 3.05) is 26.2 Å². The number of hydrogen-bond acceptors (Lipinski definition) is 3. The maximum absolute atomic E-state index is 12.6. The molecule has 3 aliphatic rings. The summed E-state index contributed by atoms with van der Waals surface area (Å²) in [5.41, 5.74) is 0.448. The number of rotatable bonds is 4. The predicted octanol–water partition coefficient (Wildman–Crippen LogP) is 4.62. The van der Waals surface area contributed by atoms with Crippen molar-refractivity contribution < 1.29 is 37.8 Å². The van der Waals surface area contributed by atoms with Crippen LogP contribution in [-0.2, 0) is 39.3 Å². The molecule has 33 heavy (non-hydrogen) atoms. The topological polar surface area (TPSA) is 83.3 Å². The van der Waals surface area contributed by atoms with Gasteiger partial charge in [0.1, 0.15) is 0 Å². The molecular formula is C26H36N4O2Y-2. The van der Waals surface area contributed by atoms with Gasteiger partial charge in [0.05, 0.1) is 24.2 Å². The Labute approximate surface area is 222 Å². The van der Waals surface area contributed by atoms with Gasteiger partial charge in [-0.3, -0.25) is 9.36 Å². The second-order valence-electron chi connectivity index (χ2n) is 10.1. The minimum atomic E-state index is -0.870. The number of aromatic nitrogens is 2. The maximum atomic E-state index is 12.6. The van der Waals surface area contributed by atoms with Crippen LogP contribution in [0.15, 0.2) is 47.5 Å². The first-order valence-electron chi connectivity index (χ1n) is 12.0. The van der Waals surface area contributed by atoms with Gasteiger partial charge in [0.15, 0.2) is 0 Å². The molecule has 1 N–H and O–H groups in total. The quantitative estimate of drug-likeness (QED) is 0.632. The second-order valence-corrected chi connectivity index (χ2v) is 10.1. The van der Waals surface area contributed by atoms with E-state index in [4.69, 9.17) is 0 Å². The summed E-state index contributed by atoms with van der Waals surface area (Å²) in [4.78, 5) is 17.1. The van der Waals surface area contributed by atoms with E-state index in [-0.39, 0.29) is 43.7 Å². The first-order chi connectivity index (χ1) is 15.4. The molecule has 2 saturated heterocycles. The molecule has 3 heterocycles. The van der Waals surface area contributed by atoms with Gasteiger partial charge in [-0.25, -0.2) is 4.98 Å². The van der Waals surface area contributed by atoms with Gasteiger partial charge in [0.25, 0.3) is 5.56 Å². The Kier molecular flexibility index (Phi) is 9.44. The van der Waals surface area contributed by atoms with Gasteiger partial charge >= 0.3 is 0 Å². The molecular weight excluding hydrogens is 489 g/mol. The molecule has 5 rings (SSSR count). The molecule has 1 radical (unpaired) electrons. The Bertz CT molecular complexity index is 939. The average molecular weight is 526 g/mol. The van der Waals surface area contributed by atoms with Gasteiger partial charge in [-0.2, -0.15) is 0 Å². The molecule has 0 bridgehead atoms. The van der Waals surface area contributed by atoms with Crippen molar-refractivity contribution in [1.82, 2.24) is 9.55 Å². The van der Waals surface area contributed by atoms with Crippen LogP contribution in [0.25, 0.3) is 21.9 Å². The summed E-state index contributed by atoms with van der Waals surface area (Å²) in [6.07, 6.45) is 6.47. The van der Waals surface area contributed by atoms with Crippen LogP contribution in [-0.4, -0.2) is 46.4 Å². The summed E-state index contributed by atoms with van der Waals surface area (Å²) in [5.74, 6) is 1.78. The molecule has 7 heteroatoms. The van der Waals surface area contributed by atoms with Crippen molar-refractivity contribution in [3.8, 4) is 11.3 Å². The minimum absolute atomic E-state index is 0. The normalized spacial score (nSPS) is 24.0. The third-order valence-corrected chi connectivity index (χ3v) is 7.70. The molecule has 0 amide bonds. The maximum Gasteiger partial charge on any atom is 0.253 e. The van der Waals surface area contributed by atoms with Crippen LogP contribution in [0.4, 0.5) is 0 Å². The van der Waals surface area contributed by atoms with Crippen LogP contribution in [0, 0.1) is 17.3 Å². The van der Waals surface area contributed by atoms with Crippen LogP contribution in [0.3, 0.4) is 0 Å². The summed E-state index contributed by atoms with van der Waals surface area (Å²) < 4.78 is 1.57. The van der Waals surface area contributed by atoms with Gasteiger partial charge in [0.2, 0.25) is 0 Å². The molecule has 1 spiro atoms. The molecule has 6 nitrogen and oxygen atoms in total. The fraction of sp³-hybridized carbons (Fsp3) is 0.615. The zero-order valence-electron chi connectivity index (χ0n) is 20.0. The van der Waals surface area contributed by atoms with Crippen LogP contribution in [0.2, 0.25) is 0 Å². The van der Waals surface area contributed by atoms with Crippen LogP contribution >= 0.6 is 0 Å². The Morgan fingerprint density at radius 3 is 2.36 bits per heavy atom. The summed E-state index contributed by atoms with van der Waals surface area (Å²) in [6, 6.07) is 11.2. The first kappa shape index (κ1) is 26.7. The Hall–Kier alpha value is -0.916. The number of aliphatic hydroxyl groups is 1. The van der Waals surface area contributed by atoms with E-state index in [0.29, 0.717) is 31.7 Å². The molecule has 1 unspecified atom stereocenters. The molecule has 2 aliphatic heterocycles. The van der Waals surface area contributed by atoms with E-state index in [9.17, 15) is 9.90 Å². The Balaban J connectivity index is 0.000000330. The Morgan fingerprint density at radius 1 is 1.12 bits per heavy atom. The first-order valence-corrected chi connectivity index (χ1v) is 12.0. The van der Waals surface area contributed by atoms with Crippen molar-refractivity contribution in [1.29, 1.82) is 0 Å². The Morgan fingerprint density at radius 2 is 1.82 bits per heavy atom. The van der Waals surface area contributed by atoms with E-state index in [1.807, 2.05) is 30.3 Å². The van der Waals surface area contributed by atoms with E-state index < -0.39 is 5.60 Å². The minimum Gasteiger partial charge on any atom is -0.662 e. The summed E-state index contributed by atoms with van der Waals surface area (Å²) in [5, 5.41) is 20.1. The fourth-order valence-electron chi connectivity index (χ4n) is 5.18. The smallest absolute Gasteiger partial charge is 0.253 e. The third kappa shape index (κ3) is 6.02. The van der Waals surface area contributed by atoms with E-state index in [0.717, 1.165) is 56.2 Å². The average Bonchev–Trinajstić information content (AvgIpc) is 3.22. The number of hydrogen-bond donors (Lipinski definition) is 1. The standard InChI is InChI=1S/C20H24N3O2.C6H12N.Y/c24-18-12-17(16-6-2-1-3-7-16)22-15-23(18)14-20(25)10-11-21-13-19(20)8-4-5-9-19;1-5(2)6-3-7-4-6;/h1-3,6-7,12,15,25H,4-5,8-11,13-14H2;5-6H,3-4H2,1-2H3;/q2*-1;. The summed E-state index contributed by atoms with van der Waals surface area (Å²) >= 11 is 0. The van der Waals surface area contributed by atoms with Crippen LogP contribution < -0.4 is 5.56 Å². The van der Waals surface area contributed by atoms with E-state index in [1.54, 1.807) is 17.0 Å². The van der Waals surface area contributed by atoms with Gasteiger partial charge in [-0.05, 0) is 30.6 Å². The van der Waals surface area contributed by atoms with Crippen LogP contribution in [0.5, 0.6) is 0 Å². The van der Waals surface area contributed by atoms with E-state index in [1.165, 1.54) is 0 Å². The number of piperidine rings is 1. The fourth-order valence-corrected chi connectivity index (χ4v) is 5.18.